The van der Waals surface area contributed by atoms with Gasteiger partial charge in [0.25, 0.3) is 0 Å². The van der Waals surface area contributed by atoms with Crippen LogP contribution in [0.2, 0.25) is 0 Å². The molecule has 100 valence electrons. The molecule has 0 aromatic carbocycles. The quantitative estimate of drug-likeness (QED) is 0.430. The fraction of sp³-hybridized carbons (Fsp3) is 0. The third-order valence-electron chi connectivity index (χ3n) is 0. The predicted molar refractivity (Wildman–Crippen MR) is 38.5 cm³/mol. The summed E-state index contributed by atoms with van der Waals surface area (Å²) >= 11 is 0. The molecule has 0 bridgehead atoms. The van der Waals surface area contributed by atoms with Crippen LogP contribution in [-0.4, -0.2) is 70.6 Å². The molecule has 0 saturated heterocycles. The normalized spacial score (nSPS) is 11.2. The van der Waals surface area contributed by atoms with Crippen LogP contribution >= 0.6 is 0 Å². The zero-order chi connectivity index (χ0) is 13.5. The fourth-order valence-electron chi connectivity index (χ4n) is 0. The minimum absolute atomic E-state index is 0. The van der Waals surface area contributed by atoms with Crippen LogP contribution in [0.1, 0.15) is 2.85 Å². The van der Waals surface area contributed by atoms with Gasteiger partial charge in [0.1, 0.15) is 0 Å². The molecule has 0 rings (SSSR count). The van der Waals surface area contributed by atoms with Crippen molar-refractivity contribution in [1.29, 1.82) is 0 Å². The number of halogens is 12. The summed E-state index contributed by atoms with van der Waals surface area (Å²) in [4.78, 5) is 0. The molecular formula is H2B3BaF12-3. The van der Waals surface area contributed by atoms with Gasteiger partial charge in [-0.05, 0) is 0 Å². The Bertz CT molecular complexity index is 100. The maximum atomic E-state index is 9.75. The summed E-state index contributed by atoms with van der Waals surface area (Å²) in [6, 6.07) is 0. The van der Waals surface area contributed by atoms with Crippen LogP contribution in [0.5, 0.6) is 0 Å². The molecule has 0 aliphatic rings. The molecule has 0 heterocycles. The third kappa shape index (κ3) is 3370. The first kappa shape index (κ1) is 25.7. The van der Waals surface area contributed by atoms with E-state index in [0.717, 1.165) is 0 Å². The first-order valence-corrected chi connectivity index (χ1v) is 2.62. The molecule has 0 unspecified atom stereocenters. The Kier molecular flexibility index (Phi) is 15.9. The summed E-state index contributed by atoms with van der Waals surface area (Å²) in [7, 11) is -18.0. The Morgan fingerprint density at radius 1 is 0.375 bits per heavy atom. The van der Waals surface area contributed by atoms with Gasteiger partial charge in [-0.3, -0.25) is 0 Å². The van der Waals surface area contributed by atoms with E-state index >= 15 is 0 Å². The van der Waals surface area contributed by atoms with Crippen LogP contribution in [-0.2, 0) is 0 Å². The van der Waals surface area contributed by atoms with E-state index in [9.17, 15) is 51.8 Å². The summed E-state index contributed by atoms with van der Waals surface area (Å²) in [5.41, 5.74) is 0. The van der Waals surface area contributed by atoms with E-state index in [1.54, 1.807) is 0 Å². The molecule has 0 aliphatic carbocycles. The maximum Gasteiger partial charge on any atom is 2.00 e. The Balaban J connectivity index is -0.0000000277. The zero-order valence-electron chi connectivity index (χ0n) is 8.97. The Morgan fingerprint density at radius 3 is 0.375 bits per heavy atom. The third-order valence-corrected chi connectivity index (χ3v) is 0. The largest absolute Gasteiger partial charge is 2.00 e. The van der Waals surface area contributed by atoms with E-state index in [2.05, 4.69) is 0 Å². The second-order valence-electron chi connectivity index (χ2n) is 1.48. The summed E-state index contributed by atoms with van der Waals surface area (Å²) < 4.78 is 117. The van der Waals surface area contributed by atoms with Gasteiger partial charge in [-0.25, -0.2) is 0 Å². The van der Waals surface area contributed by atoms with Gasteiger partial charge in [0.15, 0.2) is 0 Å². The Morgan fingerprint density at radius 2 is 0.375 bits per heavy atom. The first-order chi connectivity index (χ1) is 6.00. The Hall–Kier alpha value is 0.926. The van der Waals surface area contributed by atoms with E-state index < -0.39 is 21.8 Å². The van der Waals surface area contributed by atoms with Crippen LogP contribution in [0, 0.1) is 0 Å². The molecule has 0 aromatic rings. The zero-order valence-corrected chi connectivity index (χ0v) is 11.4. The van der Waals surface area contributed by atoms with E-state index in [1.807, 2.05) is 0 Å². The molecule has 0 N–H and O–H groups in total. The molecule has 0 saturated carbocycles. The van der Waals surface area contributed by atoms with Crippen molar-refractivity contribution in [3.8, 4) is 0 Å². The van der Waals surface area contributed by atoms with Crippen LogP contribution < -0.4 is 0 Å². The minimum atomic E-state index is -6.00. The van der Waals surface area contributed by atoms with Gasteiger partial charge in [-0.1, -0.05) is 0 Å². The van der Waals surface area contributed by atoms with Crippen molar-refractivity contribution in [3.63, 3.8) is 0 Å². The topological polar surface area (TPSA) is 0 Å². The number of rotatable bonds is 0. The van der Waals surface area contributed by atoms with Gasteiger partial charge in [0, 0.05) is 0 Å². The summed E-state index contributed by atoms with van der Waals surface area (Å²) in [5, 5.41) is 0. The molecule has 0 radical (unpaired) electrons. The number of hydrogen-bond donors (Lipinski definition) is 0. The molecule has 0 aromatic heterocycles. The van der Waals surface area contributed by atoms with Gasteiger partial charge in [-0.15, -0.1) is 0 Å². The van der Waals surface area contributed by atoms with E-state index in [4.69, 9.17) is 0 Å². The fourth-order valence-corrected chi connectivity index (χ4v) is 0. The van der Waals surface area contributed by atoms with Gasteiger partial charge in [0.2, 0.25) is 0 Å². The molecule has 0 aliphatic heterocycles. The van der Waals surface area contributed by atoms with Gasteiger partial charge in [0.05, 0.1) is 0 Å². The van der Waals surface area contributed by atoms with Gasteiger partial charge >= 0.3 is 70.6 Å². The van der Waals surface area contributed by atoms with Crippen molar-refractivity contribution in [2.75, 3.05) is 0 Å². The van der Waals surface area contributed by atoms with Crippen molar-refractivity contribution in [1.82, 2.24) is 0 Å². The molecule has 16 heavy (non-hydrogen) atoms. The molecule has 0 atom stereocenters. The van der Waals surface area contributed by atoms with Gasteiger partial charge in [-0.2, -0.15) is 0 Å². The average molecular weight is 400 g/mol. The average Bonchev–Trinajstić information content (AvgIpc) is 1.41. The SMILES string of the molecule is F[B-](F)(F)F.F[B-](F)(F)F.F[B-](F)(F)F.[Ba+2].[H-].[H-]. The summed E-state index contributed by atoms with van der Waals surface area (Å²) in [6.45, 7) is 0. The second kappa shape index (κ2) is 9.91. The molecule has 0 amide bonds. The molecule has 0 nitrogen and oxygen atoms in total. The van der Waals surface area contributed by atoms with Crippen LogP contribution in [0.25, 0.3) is 0 Å². The van der Waals surface area contributed by atoms with Gasteiger partial charge < -0.3 is 54.6 Å². The van der Waals surface area contributed by atoms with Crippen LogP contribution in [0.3, 0.4) is 0 Å². The maximum absolute atomic E-state index is 9.75. The van der Waals surface area contributed by atoms with Crippen LogP contribution in [0.15, 0.2) is 0 Å². The monoisotopic (exact) mass is 401 g/mol. The molecule has 0 fully saturated rings. The van der Waals surface area contributed by atoms with Crippen molar-refractivity contribution >= 4 is 70.6 Å². The van der Waals surface area contributed by atoms with E-state index in [1.165, 1.54) is 0 Å². The van der Waals surface area contributed by atoms with E-state index in [-0.39, 0.29) is 51.7 Å². The standard InChI is InChI=1S/3BF4.Ba.2H/c3*2-1(3,4)5;;;/q3*-1;+2;2*-1. The van der Waals surface area contributed by atoms with Crippen molar-refractivity contribution in [3.05, 3.63) is 0 Å². The predicted octanol–water partition coefficient (Wildman–Crippen LogP) is 3.74. The van der Waals surface area contributed by atoms with E-state index in [0.29, 0.717) is 0 Å². The Labute approximate surface area is 124 Å². The number of hydrogen-bond acceptors (Lipinski definition) is 0. The minimum Gasteiger partial charge on any atom is -1.00 e. The molecule has 16 heteroatoms. The van der Waals surface area contributed by atoms with Crippen molar-refractivity contribution in [2.45, 2.75) is 0 Å². The molecular weight excluding hydrogens is 398 g/mol. The summed E-state index contributed by atoms with van der Waals surface area (Å²) in [5.74, 6) is 0. The summed E-state index contributed by atoms with van der Waals surface area (Å²) in [6.07, 6.45) is 0. The second-order valence-corrected chi connectivity index (χ2v) is 1.48. The van der Waals surface area contributed by atoms with Crippen molar-refractivity contribution in [2.24, 2.45) is 0 Å². The molecule has 0 spiro atoms. The first-order valence-electron chi connectivity index (χ1n) is 2.62. The van der Waals surface area contributed by atoms with Crippen LogP contribution in [0.4, 0.5) is 51.8 Å². The smallest absolute Gasteiger partial charge is 1.00 e. The van der Waals surface area contributed by atoms with Crippen molar-refractivity contribution < 1.29 is 54.6 Å².